The molecule has 0 saturated carbocycles. The van der Waals surface area contributed by atoms with E-state index in [1.54, 1.807) is 25.4 Å². The van der Waals surface area contributed by atoms with E-state index in [0.717, 1.165) is 11.1 Å². The average molecular weight is 228 g/mol. The van der Waals surface area contributed by atoms with Crippen molar-refractivity contribution in [2.24, 2.45) is 0 Å². The van der Waals surface area contributed by atoms with Crippen LogP contribution in [0.3, 0.4) is 0 Å². The molecule has 0 bridgehead atoms. The summed E-state index contributed by atoms with van der Waals surface area (Å²) in [5, 5.41) is 0. The molecule has 1 aromatic heterocycles. The van der Waals surface area contributed by atoms with Gasteiger partial charge in [0.2, 0.25) is 0 Å². The number of carbonyl (C=O) groups is 1. The molecule has 0 radical (unpaired) electrons. The highest BCUT2D eigenvalue weighted by molar-refractivity contribution is 6.01. The van der Waals surface area contributed by atoms with Crippen molar-refractivity contribution in [1.82, 2.24) is 9.97 Å². The van der Waals surface area contributed by atoms with Gasteiger partial charge in [-0.2, -0.15) is 0 Å². The maximum Gasteiger partial charge on any atom is 0.159 e. The predicted molar refractivity (Wildman–Crippen MR) is 69.3 cm³/mol. The van der Waals surface area contributed by atoms with Crippen LogP contribution in [0.25, 0.3) is 5.57 Å². The Kier molecular flexibility index (Phi) is 4.52. The first kappa shape index (κ1) is 13.0. The first-order valence-electron chi connectivity index (χ1n) is 5.35. The minimum atomic E-state index is 0.0128. The van der Waals surface area contributed by atoms with Gasteiger partial charge in [-0.05, 0) is 26.8 Å². The van der Waals surface area contributed by atoms with Gasteiger partial charge in [-0.3, -0.25) is 4.79 Å². The van der Waals surface area contributed by atoms with Gasteiger partial charge in [-0.15, -0.1) is 0 Å². The van der Waals surface area contributed by atoms with Crippen molar-refractivity contribution in [1.29, 1.82) is 0 Å². The summed E-state index contributed by atoms with van der Waals surface area (Å²) >= 11 is 0. The SMILES string of the molecule is C=C(C)/C=C\C(=C(/C)C(C)=O)c1ncccn1. The van der Waals surface area contributed by atoms with Crippen LogP contribution in [0, 0.1) is 0 Å². The average Bonchev–Trinajstić information content (AvgIpc) is 2.30. The zero-order valence-electron chi connectivity index (χ0n) is 10.4. The largest absolute Gasteiger partial charge is 0.295 e. The second kappa shape index (κ2) is 5.89. The molecule has 0 saturated heterocycles. The van der Waals surface area contributed by atoms with Crippen molar-refractivity contribution in [3.05, 3.63) is 54.2 Å². The van der Waals surface area contributed by atoms with Crippen LogP contribution in [0.1, 0.15) is 26.6 Å². The summed E-state index contributed by atoms with van der Waals surface area (Å²) in [4.78, 5) is 19.8. The molecular weight excluding hydrogens is 212 g/mol. The zero-order valence-corrected chi connectivity index (χ0v) is 10.4. The van der Waals surface area contributed by atoms with E-state index < -0.39 is 0 Å². The quantitative estimate of drug-likeness (QED) is 0.587. The fourth-order valence-corrected chi connectivity index (χ4v) is 1.22. The molecular formula is C14H16N2O. The van der Waals surface area contributed by atoms with E-state index in [1.165, 1.54) is 6.92 Å². The maximum absolute atomic E-state index is 11.4. The van der Waals surface area contributed by atoms with E-state index >= 15 is 0 Å². The Hall–Kier alpha value is -2.03. The van der Waals surface area contributed by atoms with Crippen molar-refractivity contribution >= 4 is 11.4 Å². The fourth-order valence-electron chi connectivity index (χ4n) is 1.22. The number of Topliss-reactive ketones (excluding diaryl/α,β-unsaturated/α-hetero) is 1. The summed E-state index contributed by atoms with van der Waals surface area (Å²) in [5.74, 6) is 0.566. The van der Waals surface area contributed by atoms with Gasteiger partial charge in [0.25, 0.3) is 0 Å². The molecule has 0 atom stereocenters. The molecule has 0 aliphatic carbocycles. The lowest BCUT2D eigenvalue weighted by molar-refractivity contribution is -0.113. The van der Waals surface area contributed by atoms with Crippen LogP contribution in [0.5, 0.6) is 0 Å². The Balaban J connectivity index is 3.26. The molecule has 1 heterocycles. The summed E-state index contributed by atoms with van der Waals surface area (Å²) in [6.45, 7) is 8.99. The normalized spacial score (nSPS) is 12.4. The van der Waals surface area contributed by atoms with Crippen LogP contribution in [0.4, 0.5) is 0 Å². The second-order valence-electron chi connectivity index (χ2n) is 3.85. The highest BCUT2D eigenvalue weighted by atomic mass is 16.1. The van der Waals surface area contributed by atoms with E-state index in [4.69, 9.17) is 0 Å². The molecule has 0 amide bonds. The highest BCUT2D eigenvalue weighted by Gasteiger charge is 2.08. The molecule has 0 aliphatic rings. The van der Waals surface area contributed by atoms with Crippen LogP contribution in [0.2, 0.25) is 0 Å². The molecule has 17 heavy (non-hydrogen) atoms. The van der Waals surface area contributed by atoms with Crippen molar-refractivity contribution in [3.8, 4) is 0 Å². The van der Waals surface area contributed by atoms with Crippen LogP contribution < -0.4 is 0 Å². The Morgan fingerprint density at radius 2 is 1.76 bits per heavy atom. The number of aromatic nitrogens is 2. The van der Waals surface area contributed by atoms with E-state index in [2.05, 4.69) is 16.5 Å². The minimum Gasteiger partial charge on any atom is -0.295 e. The van der Waals surface area contributed by atoms with E-state index in [1.807, 2.05) is 19.1 Å². The summed E-state index contributed by atoms with van der Waals surface area (Å²) < 4.78 is 0. The summed E-state index contributed by atoms with van der Waals surface area (Å²) in [6, 6.07) is 1.74. The van der Waals surface area contributed by atoms with E-state index in [9.17, 15) is 4.79 Å². The summed E-state index contributed by atoms with van der Waals surface area (Å²) in [6.07, 6.45) is 6.99. The van der Waals surface area contributed by atoms with Crippen LogP contribution >= 0.6 is 0 Å². The molecule has 1 aromatic rings. The number of rotatable bonds is 4. The molecule has 3 heteroatoms. The van der Waals surface area contributed by atoms with Gasteiger partial charge in [0, 0.05) is 23.5 Å². The summed E-state index contributed by atoms with van der Waals surface area (Å²) in [7, 11) is 0. The number of carbonyl (C=O) groups excluding carboxylic acids is 1. The van der Waals surface area contributed by atoms with Crippen molar-refractivity contribution in [2.75, 3.05) is 0 Å². The van der Waals surface area contributed by atoms with Crippen LogP contribution in [-0.4, -0.2) is 15.8 Å². The van der Waals surface area contributed by atoms with Crippen molar-refractivity contribution in [3.63, 3.8) is 0 Å². The molecule has 0 aliphatic heterocycles. The third kappa shape index (κ3) is 3.79. The number of hydrogen-bond donors (Lipinski definition) is 0. The second-order valence-corrected chi connectivity index (χ2v) is 3.85. The number of nitrogens with zero attached hydrogens (tertiary/aromatic N) is 2. The number of hydrogen-bond acceptors (Lipinski definition) is 3. The lowest BCUT2D eigenvalue weighted by Gasteiger charge is -2.04. The molecule has 0 aromatic carbocycles. The lowest BCUT2D eigenvalue weighted by Crippen LogP contribution is -1.99. The zero-order chi connectivity index (χ0) is 12.8. The maximum atomic E-state index is 11.4. The minimum absolute atomic E-state index is 0.0128. The Labute approximate surface area is 102 Å². The van der Waals surface area contributed by atoms with Gasteiger partial charge < -0.3 is 0 Å². The van der Waals surface area contributed by atoms with Gasteiger partial charge in [0.05, 0.1) is 0 Å². The smallest absolute Gasteiger partial charge is 0.159 e. The lowest BCUT2D eigenvalue weighted by atomic mass is 10.0. The molecule has 0 unspecified atom stereocenters. The van der Waals surface area contributed by atoms with E-state index in [-0.39, 0.29) is 5.78 Å². The first-order chi connectivity index (χ1) is 8.02. The van der Waals surface area contributed by atoms with Gasteiger partial charge in [0.15, 0.2) is 11.6 Å². The van der Waals surface area contributed by atoms with Crippen molar-refractivity contribution < 1.29 is 4.79 Å². The first-order valence-corrected chi connectivity index (χ1v) is 5.35. The molecule has 0 fully saturated rings. The molecule has 1 rings (SSSR count). The Morgan fingerprint density at radius 1 is 1.18 bits per heavy atom. The molecule has 88 valence electrons. The third-order valence-electron chi connectivity index (χ3n) is 2.27. The number of ketones is 1. The van der Waals surface area contributed by atoms with Gasteiger partial charge >= 0.3 is 0 Å². The third-order valence-corrected chi connectivity index (χ3v) is 2.27. The molecule has 3 nitrogen and oxygen atoms in total. The number of allylic oxidation sites excluding steroid dienone is 5. The predicted octanol–water partition coefficient (Wildman–Crippen LogP) is 2.97. The standard InChI is InChI=1S/C14H16N2O/c1-10(2)6-7-13(11(3)12(4)17)14-15-8-5-9-16-14/h5-9H,1H2,2-4H3/b7-6-,13-11-. The molecule has 0 spiro atoms. The fraction of sp³-hybridized carbons (Fsp3) is 0.214. The van der Waals surface area contributed by atoms with Crippen LogP contribution in [0.15, 0.2) is 48.3 Å². The van der Waals surface area contributed by atoms with Gasteiger partial charge in [0.1, 0.15) is 0 Å². The van der Waals surface area contributed by atoms with Crippen molar-refractivity contribution in [2.45, 2.75) is 20.8 Å². The topological polar surface area (TPSA) is 42.9 Å². The van der Waals surface area contributed by atoms with Gasteiger partial charge in [-0.25, -0.2) is 9.97 Å². The highest BCUT2D eigenvalue weighted by Crippen LogP contribution is 2.17. The van der Waals surface area contributed by atoms with Crippen LogP contribution in [-0.2, 0) is 4.79 Å². The summed E-state index contributed by atoms with van der Waals surface area (Å²) in [5.41, 5.74) is 2.30. The Morgan fingerprint density at radius 3 is 2.24 bits per heavy atom. The molecule has 0 N–H and O–H groups in total. The monoisotopic (exact) mass is 228 g/mol. The van der Waals surface area contributed by atoms with E-state index in [0.29, 0.717) is 11.4 Å². The van der Waals surface area contributed by atoms with Gasteiger partial charge in [-0.1, -0.05) is 24.3 Å². The Bertz CT molecular complexity index is 484.